The molecule has 0 saturated heterocycles. The number of hydrogen-bond donors (Lipinski definition) is 1. The van der Waals surface area contributed by atoms with Gasteiger partial charge in [-0.1, -0.05) is 25.1 Å². The van der Waals surface area contributed by atoms with Crippen LogP contribution in [0.1, 0.15) is 39.7 Å². The van der Waals surface area contributed by atoms with Crippen LogP contribution in [0.25, 0.3) is 10.9 Å². The highest BCUT2D eigenvalue weighted by atomic mass is 16.2. The van der Waals surface area contributed by atoms with Crippen molar-refractivity contribution in [3.8, 4) is 0 Å². The van der Waals surface area contributed by atoms with Crippen LogP contribution in [0.2, 0.25) is 0 Å². The number of amides is 1. The van der Waals surface area contributed by atoms with E-state index in [4.69, 9.17) is 0 Å². The molecule has 21 heavy (non-hydrogen) atoms. The minimum atomic E-state index is -0.314. The largest absolute Gasteiger partial charge is 0.333 e. The monoisotopic (exact) mass is 286 g/mol. The maximum absolute atomic E-state index is 12.2. The first kappa shape index (κ1) is 15.3. The van der Waals surface area contributed by atoms with E-state index >= 15 is 0 Å². The van der Waals surface area contributed by atoms with E-state index < -0.39 is 0 Å². The Morgan fingerprint density at radius 1 is 1.24 bits per heavy atom. The molecule has 0 saturated carbocycles. The number of fused-ring (bicyclic) bond motifs is 1. The minimum Gasteiger partial charge on any atom is -0.333 e. The van der Waals surface area contributed by atoms with Gasteiger partial charge in [0.2, 0.25) is 5.91 Å². The Hall–Kier alpha value is -2.10. The molecule has 2 rings (SSSR count). The summed E-state index contributed by atoms with van der Waals surface area (Å²) in [5.41, 5.74) is 0.984. The van der Waals surface area contributed by atoms with Crippen molar-refractivity contribution < 1.29 is 4.79 Å². The SMILES string of the molecule is CCC(=O)N(Cc1cc2ccccc2[nH]c1=O)C(C)(C)C. The van der Waals surface area contributed by atoms with Gasteiger partial charge in [0, 0.05) is 23.0 Å². The van der Waals surface area contributed by atoms with E-state index in [0.29, 0.717) is 18.5 Å². The fourth-order valence-corrected chi connectivity index (χ4v) is 2.37. The zero-order valence-corrected chi connectivity index (χ0v) is 13.1. The van der Waals surface area contributed by atoms with E-state index in [1.165, 1.54) is 0 Å². The van der Waals surface area contributed by atoms with Crippen LogP contribution in [-0.4, -0.2) is 21.3 Å². The zero-order chi connectivity index (χ0) is 15.6. The molecule has 0 spiro atoms. The maximum atomic E-state index is 12.2. The fourth-order valence-electron chi connectivity index (χ4n) is 2.37. The zero-order valence-electron chi connectivity index (χ0n) is 13.1. The van der Waals surface area contributed by atoms with E-state index in [9.17, 15) is 9.59 Å². The standard InChI is InChI=1S/C17H22N2O2/c1-5-15(20)19(17(2,3)4)11-13-10-12-8-6-7-9-14(12)18-16(13)21/h6-10H,5,11H2,1-4H3,(H,18,21). The molecule has 0 unspecified atom stereocenters. The minimum absolute atomic E-state index is 0.0510. The van der Waals surface area contributed by atoms with Crippen LogP contribution in [0, 0.1) is 0 Å². The van der Waals surface area contributed by atoms with Crippen LogP contribution in [0.5, 0.6) is 0 Å². The number of rotatable bonds is 3. The molecule has 0 aliphatic rings. The highest BCUT2D eigenvalue weighted by molar-refractivity contribution is 5.79. The number of aromatic nitrogens is 1. The van der Waals surface area contributed by atoms with Gasteiger partial charge in [-0.15, -0.1) is 0 Å². The summed E-state index contributed by atoms with van der Waals surface area (Å²) in [6.45, 7) is 8.11. The van der Waals surface area contributed by atoms with E-state index in [1.54, 1.807) is 4.90 Å². The van der Waals surface area contributed by atoms with Crippen LogP contribution in [0.4, 0.5) is 0 Å². The van der Waals surface area contributed by atoms with Crippen LogP contribution < -0.4 is 5.56 Å². The number of nitrogens with one attached hydrogen (secondary N) is 1. The molecule has 1 aromatic heterocycles. The Labute approximate surface area is 124 Å². The number of hydrogen-bond acceptors (Lipinski definition) is 2. The Morgan fingerprint density at radius 3 is 2.52 bits per heavy atom. The number of para-hydroxylation sites is 1. The summed E-state index contributed by atoms with van der Waals surface area (Å²) in [4.78, 5) is 29.0. The third-order valence-electron chi connectivity index (χ3n) is 3.57. The Bertz CT molecular complexity index is 711. The summed E-state index contributed by atoms with van der Waals surface area (Å²) >= 11 is 0. The predicted molar refractivity (Wildman–Crippen MR) is 85.2 cm³/mol. The summed E-state index contributed by atoms with van der Waals surface area (Å²) in [7, 11) is 0. The second-order valence-corrected chi connectivity index (χ2v) is 6.22. The van der Waals surface area contributed by atoms with Crippen molar-refractivity contribution in [2.75, 3.05) is 0 Å². The molecule has 112 valence electrons. The smallest absolute Gasteiger partial charge is 0.253 e. The molecule has 4 heteroatoms. The van der Waals surface area contributed by atoms with Gasteiger partial charge in [0.25, 0.3) is 5.56 Å². The molecule has 0 aliphatic carbocycles. The fraction of sp³-hybridized carbons (Fsp3) is 0.412. The molecule has 1 N–H and O–H groups in total. The van der Waals surface area contributed by atoms with Gasteiger partial charge in [-0.2, -0.15) is 0 Å². The number of H-pyrrole nitrogens is 1. The topological polar surface area (TPSA) is 53.2 Å². The average molecular weight is 286 g/mol. The van der Waals surface area contributed by atoms with E-state index in [-0.39, 0.29) is 17.0 Å². The van der Waals surface area contributed by atoms with Crippen LogP contribution in [-0.2, 0) is 11.3 Å². The number of carbonyl (C=O) groups is 1. The maximum Gasteiger partial charge on any atom is 0.253 e. The highest BCUT2D eigenvalue weighted by Crippen LogP contribution is 2.19. The molecule has 2 aromatic rings. The molecule has 1 aromatic carbocycles. The summed E-state index contributed by atoms with van der Waals surface area (Å²) in [6, 6.07) is 9.52. The van der Waals surface area contributed by atoms with Gasteiger partial charge in [-0.3, -0.25) is 9.59 Å². The molecule has 0 atom stereocenters. The number of aromatic amines is 1. The van der Waals surface area contributed by atoms with Gasteiger partial charge < -0.3 is 9.88 Å². The number of nitrogens with zero attached hydrogens (tertiary/aromatic N) is 1. The second-order valence-electron chi connectivity index (χ2n) is 6.22. The van der Waals surface area contributed by atoms with Gasteiger partial charge in [0.15, 0.2) is 0 Å². The van der Waals surface area contributed by atoms with Crippen molar-refractivity contribution in [2.45, 2.75) is 46.2 Å². The lowest BCUT2D eigenvalue weighted by atomic mass is 10.0. The lowest BCUT2D eigenvalue weighted by Gasteiger charge is -2.35. The lowest BCUT2D eigenvalue weighted by molar-refractivity contribution is -0.136. The van der Waals surface area contributed by atoms with Crippen LogP contribution in [0.15, 0.2) is 35.1 Å². The lowest BCUT2D eigenvalue weighted by Crippen LogP contribution is -2.45. The first-order valence-corrected chi connectivity index (χ1v) is 7.24. The molecular formula is C17H22N2O2. The summed E-state index contributed by atoms with van der Waals surface area (Å²) in [6.07, 6.45) is 0.433. The molecular weight excluding hydrogens is 264 g/mol. The third kappa shape index (κ3) is 3.32. The van der Waals surface area contributed by atoms with Crippen molar-refractivity contribution in [1.29, 1.82) is 0 Å². The number of carbonyl (C=O) groups excluding carboxylic acids is 1. The molecule has 4 nitrogen and oxygen atoms in total. The van der Waals surface area contributed by atoms with Crippen molar-refractivity contribution in [1.82, 2.24) is 9.88 Å². The Morgan fingerprint density at radius 2 is 1.90 bits per heavy atom. The van der Waals surface area contributed by atoms with Crippen LogP contribution >= 0.6 is 0 Å². The molecule has 0 aliphatic heterocycles. The van der Waals surface area contributed by atoms with Crippen molar-refractivity contribution >= 4 is 16.8 Å². The second kappa shape index (κ2) is 5.72. The van der Waals surface area contributed by atoms with Gasteiger partial charge in [0.05, 0.1) is 6.54 Å². The highest BCUT2D eigenvalue weighted by Gasteiger charge is 2.26. The Kier molecular flexibility index (Phi) is 4.16. The van der Waals surface area contributed by atoms with E-state index in [2.05, 4.69) is 4.98 Å². The molecule has 1 amide bonds. The first-order chi connectivity index (χ1) is 9.82. The molecule has 1 heterocycles. The molecule has 0 bridgehead atoms. The normalized spacial score (nSPS) is 11.6. The van der Waals surface area contributed by atoms with Gasteiger partial charge in [-0.05, 0) is 38.3 Å². The summed E-state index contributed by atoms with van der Waals surface area (Å²) < 4.78 is 0. The predicted octanol–water partition coefficient (Wildman–Crippen LogP) is 3.07. The van der Waals surface area contributed by atoms with E-state index in [0.717, 1.165) is 10.9 Å². The Balaban J connectivity index is 2.43. The quantitative estimate of drug-likeness (QED) is 0.942. The first-order valence-electron chi connectivity index (χ1n) is 7.24. The molecule has 0 fully saturated rings. The average Bonchev–Trinajstić information content (AvgIpc) is 2.42. The molecule has 0 radical (unpaired) electrons. The van der Waals surface area contributed by atoms with Gasteiger partial charge in [-0.25, -0.2) is 0 Å². The van der Waals surface area contributed by atoms with Crippen molar-refractivity contribution in [3.63, 3.8) is 0 Å². The van der Waals surface area contributed by atoms with Crippen LogP contribution in [0.3, 0.4) is 0 Å². The van der Waals surface area contributed by atoms with Gasteiger partial charge in [0.1, 0.15) is 0 Å². The summed E-state index contributed by atoms with van der Waals surface area (Å²) in [5.74, 6) is 0.0510. The van der Waals surface area contributed by atoms with Crippen molar-refractivity contribution in [3.05, 3.63) is 46.2 Å². The van der Waals surface area contributed by atoms with E-state index in [1.807, 2.05) is 58.0 Å². The number of benzene rings is 1. The third-order valence-corrected chi connectivity index (χ3v) is 3.57. The van der Waals surface area contributed by atoms with Gasteiger partial charge >= 0.3 is 0 Å². The number of pyridine rings is 1. The summed E-state index contributed by atoms with van der Waals surface area (Å²) in [5, 5.41) is 0.977. The van der Waals surface area contributed by atoms with Crippen molar-refractivity contribution in [2.24, 2.45) is 0 Å².